The van der Waals surface area contributed by atoms with Gasteiger partial charge < -0.3 is 5.32 Å². The van der Waals surface area contributed by atoms with Gasteiger partial charge in [0.25, 0.3) is 0 Å². The molecule has 0 spiro atoms. The van der Waals surface area contributed by atoms with Crippen LogP contribution in [-0.2, 0) is 11.6 Å². The first-order valence-corrected chi connectivity index (χ1v) is 9.19. The van der Waals surface area contributed by atoms with Crippen LogP contribution in [0.4, 0.5) is 18.9 Å². The molecule has 1 fully saturated rings. The van der Waals surface area contributed by atoms with Crippen LogP contribution < -0.4 is 5.32 Å². The third-order valence-corrected chi connectivity index (χ3v) is 5.46. The van der Waals surface area contributed by atoms with E-state index >= 15 is 0 Å². The standard InChI is InChI=1S/C22H26F3N/c1-14(2)16-8-10-17(11-9-16)26-15(3)18-6-5-7-19(21(4)12-13-21)20(18)22(23,24)25/h5-11,14-15,26H,12-13H2,1-4H3. The maximum absolute atomic E-state index is 13.9. The van der Waals surface area contributed by atoms with Crippen LogP contribution in [0.5, 0.6) is 0 Å². The van der Waals surface area contributed by atoms with Crippen molar-refractivity contribution < 1.29 is 13.2 Å². The van der Waals surface area contributed by atoms with Gasteiger partial charge in [0, 0.05) is 11.7 Å². The third kappa shape index (κ3) is 3.74. The number of benzene rings is 2. The van der Waals surface area contributed by atoms with Gasteiger partial charge >= 0.3 is 6.18 Å². The Morgan fingerprint density at radius 2 is 1.58 bits per heavy atom. The Labute approximate surface area is 153 Å². The average Bonchev–Trinajstić information content (AvgIpc) is 3.32. The molecule has 0 radical (unpaired) electrons. The largest absolute Gasteiger partial charge is 0.417 e. The molecule has 140 valence electrons. The summed E-state index contributed by atoms with van der Waals surface area (Å²) in [7, 11) is 0. The van der Waals surface area contributed by atoms with Crippen LogP contribution in [-0.4, -0.2) is 0 Å². The Morgan fingerprint density at radius 3 is 2.08 bits per heavy atom. The summed E-state index contributed by atoms with van der Waals surface area (Å²) in [6.45, 7) is 7.94. The summed E-state index contributed by atoms with van der Waals surface area (Å²) in [6.07, 6.45) is -2.72. The van der Waals surface area contributed by atoms with Crippen LogP contribution in [0.2, 0.25) is 0 Å². The highest BCUT2D eigenvalue weighted by molar-refractivity contribution is 5.51. The van der Waals surface area contributed by atoms with Crippen molar-refractivity contribution in [3.05, 3.63) is 64.7 Å². The molecule has 2 aromatic rings. The molecule has 26 heavy (non-hydrogen) atoms. The predicted molar refractivity (Wildman–Crippen MR) is 101 cm³/mol. The highest BCUT2D eigenvalue weighted by atomic mass is 19.4. The van der Waals surface area contributed by atoms with E-state index in [1.165, 1.54) is 5.56 Å². The molecule has 1 nitrogen and oxygen atoms in total. The zero-order valence-corrected chi connectivity index (χ0v) is 15.7. The molecule has 0 amide bonds. The van der Waals surface area contributed by atoms with Gasteiger partial charge in [0.05, 0.1) is 5.56 Å². The Kier molecular flexibility index (Phi) is 4.80. The number of anilines is 1. The van der Waals surface area contributed by atoms with Crippen molar-refractivity contribution in [2.45, 2.75) is 64.1 Å². The zero-order valence-electron chi connectivity index (χ0n) is 15.7. The van der Waals surface area contributed by atoms with Crippen molar-refractivity contribution in [3.63, 3.8) is 0 Å². The summed E-state index contributed by atoms with van der Waals surface area (Å²) in [4.78, 5) is 0. The van der Waals surface area contributed by atoms with Gasteiger partial charge in [-0.05, 0) is 59.9 Å². The van der Waals surface area contributed by atoms with Crippen molar-refractivity contribution in [1.29, 1.82) is 0 Å². The number of alkyl halides is 3. The molecule has 1 unspecified atom stereocenters. The Hall–Kier alpha value is -1.97. The Balaban J connectivity index is 1.93. The molecule has 1 N–H and O–H groups in total. The smallest absolute Gasteiger partial charge is 0.379 e. The van der Waals surface area contributed by atoms with E-state index in [9.17, 15) is 13.2 Å². The number of rotatable bonds is 5. The fourth-order valence-electron chi connectivity index (χ4n) is 3.50. The number of hydrogen-bond acceptors (Lipinski definition) is 1. The van der Waals surface area contributed by atoms with Crippen LogP contribution in [0.3, 0.4) is 0 Å². The van der Waals surface area contributed by atoms with Crippen LogP contribution in [0.15, 0.2) is 42.5 Å². The van der Waals surface area contributed by atoms with Gasteiger partial charge in [-0.2, -0.15) is 13.2 Å². The third-order valence-electron chi connectivity index (χ3n) is 5.46. The van der Waals surface area contributed by atoms with E-state index in [1.807, 2.05) is 31.2 Å². The minimum atomic E-state index is -4.35. The molecule has 1 saturated carbocycles. The summed E-state index contributed by atoms with van der Waals surface area (Å²) in [6, 6.07) is 12.5. The molecular formula is C22H26F3N. The minimum absolute atomic E-state index is 0.316. The zero-order chi connectivity index (χ0) is 19.1. The molecule has 0 aromatic heterocycles. The van der Waals surface area contributed by atoms with Gasteiger partial charge in [0.2, 0.25) is 0 Å². The van der Waals surface area contributed by atoms with E-state index in [4.69, 9.17) is 0 Å². The lowest BCUT2D eigenvalue weighted by molar-refractivity contribution is -0.139. The molecule has 0 aliphatic heterocycles. The van der Waals surface area contributed by atoms with Gasteiger partial charge in [-0.15, -0.1) is 0 Å². The van der Waals surface area contributed by atoms with E-state index in [1.54, 1.807) is 25.1 Å². The van der Waals surface area contributed by atoms with E-state index in [2.05, 4.69) is 19.2 Å². The summed E-state index contributed by atoms with van der Waals surface area (Å²) in [5.74, 6) is 0.425. The molecule has 0 bridgehead atoms. The first-order valence-electron chi connectivity index (χ1n) is 9.19. The second-order valence-corrected chi connectivity index (χ2v) is 7.97. The number of halogens is 3. The lowest BCUT2D eigenvalue weighted by atomic mass is 9.87. The Bertz CT molecular complexity index is 771. The van der Waals surface area contributed by atoms with Crippen molar-refractivity contribution in [3.8, 4) is 0 Å². The molecule has 0 heterocycles. The van der Waals surface area contributed by atoms with Gasteiger partial charge in [-0.3, -0.25) is 0 Å². The van der Waals surface area contributed by atoms with E-state index < -0.39 is 17.8 Å². The summed E-state index contributed by atoms with van der Waals surface area (Å²) < 4.78 is 41.6. The van der Waals surface area contributed by atoms with E-state index in [-0.39, 0.29) is 5.41 Å². The molecule has 2 aromatic carbocycles. The topological polar surface area (TPSA) is 12.0 Å². The average molecular weight is 361 g/mol. The molecule has 1 atom stereocenters. The second kappa shape index (κ2) is 6.64. The molecule has 1 aliphatic rings. The quantitative estimate of drug-likeness (QED) is 0.601. The maximum Gasteiger partial charge on any atom is 0.417 e. The fourth-order valence-corrected chi connectivity index (χ4v) is 3.50. The highest BCUT2D eigenvalue weighted by Crippen LogP contribution is 2.52. The van der Waals surface area contributed by atoms with Gasteiger partial charge in [0.1, 0.15) is 0 Å². The highest BCUT2D eigenvalue weighted by Gasteiger charge is 2.47. The van der Waals surface area contributed by atoms with Crippen molar-refractivity contribution >= 4 is 5.69 Å². The molecule has 4 heteroatoms. The summed E-state index contributed by atoms with van der Waals surface area (Å²) >= 11 is 0. The second-order valence-electron chi connectivity index (χ2n) is 7.97. The van der Waals surface area contributed by atoms with Gasteiger partial charge in [0.15, 0.2) is 0 Å². The number of nitrogens with one attached hydrogen (secondary N) is 1. The Morgan fingerprint density at radius 1 is 0.962 bits per heavy atom. The van der Waals surface area contributed by atoms with Crippen molar-refractivity contribution in [1.82, 2.24) is 0 Å². The lowest BCUT2D eigenvalue weighted by Crippen LogP contribution is -2.20. The SMILES string of the molecule is CC(C)c1ccc(NC(C)c2cccc(C3(C)CC3)c2C(F)(F)F)cc1. The minimum Gasteiger partial charge on any atom is -0.379 e. The summed E-state index contributed by atoms with van der Waals surface area (Å²) in [5.41, 5.74) is 2.00. The van der Waals surface area contributed by atoms with Gasteiger partial charge in [-0.25, -0.2) is 0 Å². The molecule has 1 aliphatic carbocycles. The molecular weight excluding hydrogens is 335 g/mol. The van der Waals surface area contributed by atoms with E-state index in [0.29, 0.717) is 17.0 Å². The van der Waals surface area contributed by atoms with Crippen molar-refractivity contribution in [2.24, 2.45) is 0 Å². The van der Waals surface area contributed by atoms with Gasteiger partial charge in [-0.1, -0.05) is 51.1 Å². The lowest BCUT2D eigenvalue weighted by Gasteiger charge is -2.25. The first-order chi connectivity index (χ1) is 12.1. The van der Waals surface area contributed by atoms with Crippen LogP contribution in [0.25, 0.3) is 0 Å². The predicted octanol–water partition coefficient (Wildman–Crippen LogP) is 7.05. The van der Waals surface area contributed by atoms with Crippen LogP contribution >= 0.6 is 0 Å². The first kappa shape index (κ1) is 18.8. The van der Waals surface area contributed by atoms with Crippen molar-refractivity contribution in [2.75, 3.05) is 5.32 Å². The molecule has 0 saturated heterocycles. The molecule has 3 rings (SSSR count). The normalized spacial score (nSPS) is 17.2. The van der Waals surface area contributed by atoms with Crippen LogP contribution in [0, 0.1) is 0 Å². The van der Waals surface area contributed by atoms with Crippen LogP contribution in [0.1, 0.15) is 74.8 Å². The maximum atomic E-state index is 13.9. The van der Waals surface area contributed by atoms with E-state index in [0.717, 1.165) is 18.5 Å². The summed E-state index contributed by atoms with van der Waals surface area (Å²) in [5, 5.41) is 3.24. The monoisotopic (exact) mass is 361 g/mol. The fraction of sp³-hybridized carbons (Fsp3) is 0.455. The number of hydrogen-bond donors (Lipinski definition) is 1.